The molecule has 170 valence electrons. The molecule has 5 aliphatic heterocycles. The number of likely N-dealkylation sites (tertiary alicyclic amines) is 1. The number of nitrogens with zero attached hydrogens (tertiary/aromatic N) is 2. The van der Waals surface area contributed by atoms with Crippen molar-refractivity contribution in [2.24, 2.45) is 23.5 Å². The van der Waals surface area contributed by atoms with Gasteiger partial charge >= 0.3 is 0 Å². The number of alkyl halides is 1. The zero-order valence-corrected chi connectivity index (χ0v) is 18.3. The molecule has 6 unspecified atom stereocenters. The van der Waals surface area contributed by atoms with Crippen LogP contribution in [0.5, 0.6) is 0 Å². The maximum atomic E-state index is 13.3. The Morgan fingerprint density at radius 1 is 1.17 bits per heavy atom. The molecule has 0 aromatic rings. The van der Waals surface area contributed by atoms with Crippen LogP contribution in [0.25, 0.3) is 0 Å². The molecule has 30 heavy (non-hydrogen) atoms. The van der Waals surface area contributed by atoms with Crippen LogP contribution in [-0.4, -0.2) is 98.1 Å². The molecular weight excluding hydrogens is 406 g/mol. The molecule has 6 atom stereocenters. The molecule has 10 heteroatoms. The van der Waals surface area contributed by atoms with Crippen molar-refractivity contribution in [1.82, 2.24) is 31.3 Å². The standard InChI is InChI=1S/C20H36ClN7O2/c21-13-7-24-19-17(18(22)26-28(19)9-13)20(29)25-16-8-23-4-1-15(16)12-2-5-27(6-3-12)14-10-30-11-14/h12-19,23-24,26H,1-11,22H2,(H,25,29). The first-order valence-electron chi connectivity index (χ1n) is 11.6. The minimum absolute atomic E-state index is 0.0204. The van der Waals surface area contributed by atoms with E-state index in [1.807, 2.05) is 5.01 Å². The second-order valence-corrected chi connectivity index (χ2v) is 10.2. The number of fused-ring (bicyclic) bond motifs is 1. The summed E-state index contributed by atoms with van der Waals surface area (Å²) < 4.78 is 5.36. The number of rotatable bonds is 4. The highest BCUT2D eigenvalue weighted by atomic mass is 35.5. The second kappa shape index (κ2) is 9.15. The zero-order chi connectivity index (χ0) is 20.7. The van der Waals surface area contributed by atoms with E-state index >= 15 is 0 Å². The quantitative estimate of drug-likeness (QED) is 0.334. The highest BCUT2D eigenvalue weighted by molar-refractivity contribution is 6.21. The maximum absolute atomic E-state index is 13.3. The van der Waals surface area contributed by atoms with Crippen LogP contribution in [0, 0.1) is 17.8 Å². The fourth-order valence-corrected chi connectivity index (χ4v) is 6.24. The Morgan fingerprint density at radius 2 is 1.97 bits per heavy atom. The molecule has 0 aromatic heterocycles. The smallest absolute Gasteiger partial charge is 0.229 e. The number of carbonyl (C=O) groups excluding carboxylic acids is 1. The molecule has 0 saturated carbocycles. The summed E-state index contributed by atoms with van der Waals surface area (Å²) in [6.07, 6.45) is 3.06. The Kier molecular flexibility index (Phi) is 6.51. The topological polar surface area (TPSA) is 107 Å². The van der Waals surface area contributed by atoms with Crippen LogP contribution in [0.1, 0.15) is 19.3 Å². The monoisotopic (exact) mass is 441 g/mol. The molecule has 5 heterocycles. The van der Waals surface area contributed by atoms with Crippen molar-refractivity contribution in [3.05, 3.63) is 0 Å². The predicted molar refractivity (Wildman–Crippen MR) is 115 cm³/mol. The molecule has 0 aromatic carbocycles. The third-order valence-corrected chi connectivity index (χ3v) is 8.10. The number of amides is 1. The van der Waals surface area contributed by atoms with E-state index in [0.29, 0.717) is 31.0 Å². The van der Waals surface area contributed by atoms with Gasteiger partial charge in [-0.3, -0.25) is 15.0 Å². The van der Waals surface area contributed by atoms with Gasteiger partial charge in [-0.1, -0.05) is 0 Å². The highest BCUT2D eigenvalue weighted by Crippen LogP contribution is 2.33. The zero-order valence-electron chi connectivity index (χ0n) is 17.6. The lowest BCUT2D eigenvalue weighted by Crippen LogP contribution is -2.61. The van der Waals surface area contributed by atoms with Crippen molar-refractivity contribution in [2.75, 3.05) is 52.5 Å². The van der Waals surface area contributed by atoms with Crippen LogP contribution in [0.4, 0.5) is 0 Å². The summed E-state index contributed by atoms with van der Waals surface area (Å²) in [6.45, 7) is 7.35. The third-order valence-electron chi connectivity index (χ3n) is 7.80. The lowest BCUT2D eigenvalue weighted by atomic mass is 9.76. The van der Waals surface area contributed by atoms with Crippen molar-refractivity contribution >= 4 is 17.5 Å². The van der Waals surface area contributed by atoms with Gasteiger partial charge in [0.25, 0.3) is 0 Å². The van der Waals surface area contributed by atoms with Crippen molar-refractivity contribution in [2.45, 2.75) is 49.1 Å². The fourth-order valence-electron chi connectivity index (χ4n) is 6.01. The number of ether oxygens (including phenoxy) is 1. The average Bonchev–Trinajstić information content (AvgIpc) is 3.02. The Bertz CT molecular complexity index is 616. The Morgan fingerprint density at radius 3 is 2.70 bits per heavy atom. The molecule has 5 aliphatic rings. The summed E-state index contributed by atoms with van der Waals surface area (Å²) in [4.78, 5) is 15.9. The molecule has 0 radical (unpaired) electrons. The van der Waals surface area contributed by atoms with Crippen LogP contribution >= 0.6 is 11.6 Å². The number of hydrogen-bond acceptors (Lipinski definition) is 8. The van der Waals surface area contributed by atoms with E-state index in [1.165, 1.54) is 12.8 Å². The van der Waals surface area contributed by atoms with Crippen LogP contribution in [0.15, 0.2) is 0 Å². The van der Waals surface area contributed by atoms with Gasteiger partial charge in [0.1, 0.15) is 0 Å². The number of halogens is 1. The van der Waals surface area contributed by atoms with Gasteiger partial charge in [-0.05, 0) is 50.7 Å². The van der Waals surface area contributed by atoms with Gasteiger partial charge in [0.15, 0.2) is 0 Å². The average molecular weight is 442 g/mol. The molecule has 9 nitrogen and oxygen atoms in total. The molecule has 5 saturated heterocycles. The van der Waals surface area contributed by atoms with Crippen LogP contribution in [0.3, 0.4) is 0 Å². The largest absolute Gasteiger partial charge is 0.378 e. The number of nitrogens with one attached hydrogen (secondary N) is 4. The van der Waals surface area contributed by atoms with Gasteiger partial charge in [-0.25, -0.2) is 10.4 Å². The van der Waals surface area contributed by atoms with Crippen molar-refractivity contribution < 1.29 is 9.53 Å². The van der Waals surface area contributed by atoms with Crippen molar-refractivity contribution in [1.29, 1.82) is 0 Å². The lowest BCUT2D eigenvalue weighted by Gasteiger charge is -2.45. The first-order valence-corrected chi connectivity index (χ1v) is 12.0. The normalized spacial score (nSPS) is 41.9. The van der Waals surface area contributed by atoms with E-state index in [2.05, 4.69) is 26.3 Å². The molecule has 5 rings (SSSR count). The first-order chi connectivity index (χ1) is 14.6. The Balaban J connectivity index is 1.19. The number of hydrogen-bond donors (Lipinski definition) is 5. The van der Waals surface area contributed by atoms with Crippen LogP contribution in [-0.2, 0) is 9.53 Å². The third kappa shape index (κ3) is 4.23. The van der Waals surface area contributed by atoms with E-state index < -0.39 is 6.17 Å². The van der Waals surface area contributed by atoms with Gasteiger partial charge < -0.3 is 21.1 Å². The molecule has 1 amide bonds. The number of piperidine rings is 2. The SMILES string of the molecule is NC1NN2CC(Cl)CNC2C1C(=O)NC1CNCCC1C1CCN(C2COC2)CC1. The molecule has 5 fully saturated rings. The predicted octanol–water partition coefficient (Wildman–Crippen LogP) is -1.55. The van der Waals surface area contributed by atoms with Crippen LogP contribution < -0.4 is 27.1 Å². The van der Waals surface area contributed by atoms with E-state index in [-0.39, 0.29) is 29.4 Å². The number of hydrazine groups is 1. The molecule has 6 N–H and O–H groups in total. The fraction of sp³-hybridized carbons (Fsp3) is 0.950. The summed E-state index contributed by atoms with van der Waals surface area (Å²) >= 11 is 6.26. The van der Waals surface area contributed by atoms with Crippen LogP contribution in [0.2, 0.25) is 0 Å². The summed E-state index contributed by atoms with van der Waals surface area (Å²) in [5.74, 6) is 0.928. The van der Waals surface area contributed by atoms with Gasteiger partial charge in [0.2, 0.25) is 5.91 Å². The van der Waals surface area contributed by atoms with Crippen molar-refractivity contribution in [3.63, 3.8) is 0 Å². The summed E-state index contributed by atoms with van der Waals surface area (Å²) in [5, 5.41) is 12.3. The summed E-state index contributed by atoms with van der Waals surface area (Å²) in [5.41, 5.74) is 9.53. The lowest BCUT2D eigenvalue weighted by molar-refractivity contribution is -0.128. The van der Waals surface area contributed by atoms with Gasteiger partial charge in [-0.15, -0.1) is 11.6 Å². The highest BCUT2D eigenvalue weighted by Gasteiger charge is 2.47. The minimum atomic E-state index is -0.396. The molecular formula is C20H36ClN7O2. The van der Waals surface area contributed by atoms with E-state index in [1.54, 1.807) is 0 Å². The van der Waals surface area contributed by atoms with Gasteiger partial charge in [-0.2, -0.15) is 0 Å². The van der Waals surface area contributed by atoms with E-state index in [0.717, 1.165) is 45.8 Å². The van der Waals surface area contributed by atoms with Gasteiger partial charge in [0, 0.05) is 25.7 Å². The summed E-state index contributed by atoms with van der Waals surface area (Å²) in [6, 6.07) is 0.796. The molecule has 0 aliphatic carbocycles. The first kappa shape index (κ1) is 21.3. The Hall–Kier alpha value is -0.520. The number of carbonyl (C=O) groups is 1. The molecule has 0 bridgehead atoms. The molecule has 0 spiro atoms. The number of nitrogens with two attached hydrogens (primary N) is 1. The van der Waals surface area contributed by atoms with E-state index in [4.69, 9.17) is 22.1 Å². The maximum Gasteiger partial charge on any atom is 0.229 e. The van der Waals surface area contributed by atoms with Crippen molar-refractivity contribution in [3.8, 4) is 0 Å². The Labute approximate surface area is 183 Å². The van der Waals surface area contributed by atoms with Gasteiger partial charge in [0.05, 0.1) is 42.9 Å². The van der Waals surface area contributed by atoms with E-state index in [9.17, 15) is 4.79 Å². The summed E-state index contributed by atoms with van der Waals surface area (Å²) in [7, 11) is 0. The second-order valence-electron chi connectivity index (χ2n) is 9.62. The minimum Gasteiger partial charge on any atom is -0.378 e.